The van der Waals surface area contributed by atoms with E-state index in [1.165, 1.54) is 11.8 Å². The molecule has 1 saturated heterocycles. The molecule has 2 aliphatic rings. The van der Waals surface area contributed by atoms with Gasteiger partial charge in [-0.05, 0) is 19.1 Å². The molecule has 0 spiro atoms. The lowest BCUT2D eigenvalue weighted by Crippen LogP contribution is -2.42. The van der Waals surface area contributed by atoms with Crippen LogP contribution in [0.3, 0.4) is 0 Å². The number of fused-ring (bicyclic) bond motifs is 1. The van der Waals surface area contributed by atoms with Crippen molar-refractivity contribution >= 4 is 23.5 Å². The number of carbonyl (C=O) groups excluding carboxylic acids is 2. The maximum Gasteiger partial charge on any atom is 0.325 e. The molecule has 1 aromatic carbocycles. The minimum atomic E-state index is -1.11. The van der Waals surface area contributed by atoms with E-state index in [0.29, 0.717) is 30.4 Å². The summed E-state index contributed by atoms with van der Waals surface area (Å²) in [6, 6.07) is 4.20. The van der Waals surface area contributed by atoms with Gasteiger partial charge in [0.1, 0.15) is 19.3 Å². The van der Waals surface area contributed by atoms with Gasteiger partial charge in [-0.3, -0.25) is 14.4 Å². The van der Waals surface area contributed by atoms with E-state index < -0.39 is 23.8 Å². The fourth-order valence-corrected chi connectivity index (χ4v) is 2.73. The number of anilines is 1. The molecule has 3 rings (SSSR count). The van der Waals surface area contributed by atoms with Crippen LogP contribution in [0, 0.1) is 5.92 Å². The first-order valence-corrected chi connectivity index (χ1v) is 7.69. The van der Waals surface area contributed by atoms with Crippen LogP contribution in [0.25, 0.3) is 0 Å². The van der Waals surface area contributed by atoms with Crippen molar-refractivity contribution in [2.24, 2.45) is 5.92 Å². The highest BCUT2D eigenvalue weighted by molar-refractivity contribution is 6.01. The van der Waals surface area contributed by atoms with E-state index in [0.717, 1.165) is 0 Å². The standard InChI is InChI=1S/C16H18N2O6/c1-9(16(21)22)17-15(20)10-6-14(19)18(8-10)11-2-3-12-13(7-11)24-5-4-23-12/h2-3,7,9-10H,4-6,8H2,1H3,(H,17,20)(H,21,22). The van der Waals surface area contributed by atoms with E-state index in [1.54, 1.807) is 18.2 Å². The summed E-state index contributed by atoms with van der Waals surface area (Å²) in [6.45, 7) is 2.52. The van der Waals surface area contributed by atoms with Crippen LogP contribution in [0.1, 0.15) is 13.3 Å². The van der Waals surface area contributed by atoms with Crippen LogP contribution in [-0.2, 0) is 14.4 Å². The molecule has 2 heterocycles. The van der Waals surface area contributed by atoms with Gasteiger partial charge in [0.05, 0.1) is 5.92 Å². The van der Waals surface area contributed by atoms with Crippen molar-refractivity contribution in [3.05, 3.63) is 18.2 Å². The largest absolute Gasteiger partial charge is 0.486 e. The highest BCUT2D eigenvalue weighted by Crippen LogP contribution is 2.35. The Hall–Kier alpha value is -2.77. The van der Waals surface area contributed by atoms with Crippen molar-refractivity contribution in [2.75, 3.05) is 24.7 Å². The number of carboxylic acid groups (broad SMARTS) is 1. The summed E-state index contributed by atoms with van der Waals surface area (Å²) in [5, 5.41) is 11.3. The van der Waals surface area contributed by atoms with Crippen molar-refractivity contribution in [3.63, 3.8) is 0 Å². The quantitative estimate of drug-likeness (QED) is 0.826. The molecule has 0 saturated carbocycles. The molecule has 2 amide bonds. The lowest BCUT2D eigenvalue weighted by atomic mass is 10.1. The first kappa shape index (κ1) is 16.1. The normalized spacial score (nSPS) is 20.6. The van der Waals surface area contributed by atoms with Crippen LogP contribution < -0.4 is 19.7 Å². The summed E-state index contributed by atoms with van der Waals surface area (Å²) in [6.07, 6.45) is 0.0482. The number of carboxylic acids is 1. The molecular formula is C16H18N2O6. The van der Waals surface area contributed by atoms with E-state index in [-0.39, 0.29) is 18.9 Å². The van der Waals surface area contributed by atoms with E-state index >= 15 is 0 Å². The van der Waals surface area contributed by atoms with Gasteiger partial charge in [0.2, 0.25) is 11.8 Å². The van der Waals surface area contributed by atoms with Gasteiger partial charge in [0.15, 0.2) is 11.5 Å². The Balaban J connectivity index is 1.71. The predicted octanol–water partition coefficient (Wildman–Crippen LogP) is 0.400. The Bertz CT molecular complexity index is 689. The first-order chi connectivity index (χ1) is 11.5. The topological polar surface area (TPSA) is 105 Å². The third-order valence-corrected chi connectivity index (χ3v) is 4.06. The number of ether oxygens (including phenoxy) is 2. The molecule has 2 aliphatic heterocycles. The third kappa shape index (κ3) is 3.12. The van der Waals surface area contributed by atoms with E-state index in [9.17, 15) is 14.4 Å². The fourth-order valence-electron chi connectivity index (χ4n) is 2.73. The summed E-state index contributed by atoms with van der Waals surface area (Å²) in [4.78, 5) is 36.7. The second kappa shape index (κ2) is 6.38. The molecule has 2 atom stereocenters. The molecule has 2 unspecified atom stereocenters. The zero-order valence-corrected chi connectivity index (χ0v) is 13.2. The predicted molar refractivity (Wildman–Crippen MR) is 83.1 cm³/mol. The van der Waals surface area contributed by atoms with Crippen LogP contribution >= 0.6 is 0 Å². The van der Waals surface area contributed by atoms with Crippen LogP contribution in [0.2, 0.25) is 0 Å². The molecule has 0 aliphatic carbocycles. The zero-order valence-electron chi connectivity index (χ0n) is 13.2. The molecule has 1 fully saturated rings. The van der Waals surface area contributed by atoms with Crippen LogP contribution in [0.15, 0.2) is 18.2 Å². The van der Waals surface area contributed by atoms with Crippen molar-refractivity contribution in [2.45, 2.75) is 19.4 Å². The lowest BCUT2D eigenvalue weighted by molar-refractivity contribution is -0.141. The van der Waals surface area contributed by atoms with Crippen molar-refractivity contribution in [1.29, 1.82) is 0 Å². The first-order valence-electron chi connectivity index (χ1n) is 7.69. The molecular weight excluding hydrogens is 316 g/mol. The van der Waals surface area contributed by atoms with Gasteiger partial charge in [-0.25, -0.2) is 0 Å². The summed E-state index contributed by atoms with van der Waals surface area (Å²) in [5.41, 5.74) is 0.630. The Kier molecular flexibility index (Phi) is 4.28. The van der Waals surface area contributed by atoms with Gasteiger partial charge in [-0.15, -0.1) is 0 Å². The van der Waals surface area contributed by atoms with E-state index in [1.807, 2.05) is 0 Å². The molecule has 2 N–H and O–H groups in total. The summed E-state index contributed by atoms with van der Waals surface area (Å²) in [7, 11) is 0. The maximum atomic E-state index is 12.2. The molecule has 0 radical (unpaired) electrons. The number of amides is 2. The van der Waals surface area contributed by atoms with Gasteiger partial charge < -0.3 is 24.8 Å². The highest BCUT2D eigenvalue weighted by Gasteiger charge is 2.36. The minimum absolute atomic E-state index is 0.0482. The maximum absolute atomic E-state index is 12.2. The van der Waals surface area contributed by atoms with Gasteiger partial charge in [-0.1, -0.05) is 0 Å². The van der Waals surface area contributed by atoms with Gasteiger partial charge in [0.25, 0.3) is 0 Å². The summed E-state index contributed by atoms with van der Waals surface area (Å²) < 4.78 is 10.9. The number of benzene rings is 1. The monoisotopic (exact) mass is 334 g/mol. The minimum Gasteiger partial charge on any atom is -0.486 e. The Labute approximate surface area is 138 Å². The van der Waals surface area contributed by atoms with Crippen LogP contribution in [0.5, 0.6) is 11.5 Å². The summed E-state index contributed by atoms with van der Waals surface area (Å²) in [5.74, 6) is -1.11. The van der Waals surface area contributed by atoms with E-state index in [4.69, 9.17) is 14.6 Å². The third-order valence-electron chi connectivity index (χ3n) is 4.06. The number of aliphatic carboxylic acids is 1. The van der Waals surface area contributed by atoms with Gasteiger partial charge in [0, 0.05) is 24.7 Å². The molecule has 1 aromatic rings. The highest BCUT2D eigenvalue weighted by atomic mass is 16.6. The zero-order chi connectivity index (χ0) is 17.3. The Morgan fingerprint density at radius 2 is 2.00 bits per heavy atom. The Morgan fingerprint density at radius 3 is 2.71 bits per heavy atom. The van der Waals surface area contributed by atoms with Crippen LogP contribution in [0.4, 0.5) is 5.69 Å². The average Bonchev–Trinajstić information content (AvgIpc) is 2.96. The number of rotatable bonds is 4. The number of hydrogen-bond donors (Lipinski definition) is 2. The smallest absolute Gasteiger partial charge is 0.325 e. The number of nitrogens with one attached hydrogen (secondary N) is 1. The molecule has 0 aromatic heterocycles. The van der Waals surface area contributed by atoms with Gasteiger partial charge >= 0.3 is 5.97 Å². The SMILES string of the molecule is CC(NC(=O)C1CC(=O)N(c2ccc3c(c2)OCCO3)C1)C(=O)O. The Morgan fingerprint density at radius 1 is 1.29 bits per heavy atom. The second-order valence-electron chi connectivity index (χ2n) is 5.80. The van der Waals surface area contributed by atoms with Gasteiger partial charge in [-0.2, -0.15) is 0 Å². The molecule has 128 valence electrons. The van der Waals surface area contributed by atoms with Crippen molar-refractivity contribution in [1.82, 2.24) is 5.32 Å². The molecule has 0 bridgehead atoms. The van der Waals surface area contributed by atoms with Crippen molar-refractivity contribution in [3.8, 4) is 11.5 Å². The molecule has 8 heteroatoms. The number of carbonyl (C=O) groups is 3. The number of nitrogens with zero attached hydrogens (tertiary/aromatic N) is 1. The number of hydrogen-bond acceptors (Lipinski definition) is 5. The molecule has 8 nitrogen and oxygen atoms in total. The molecule has 24 heavy (non-hydrogen) atoms. The van der Waals surface area contributed by atoms with Crippen molar-refractivity contribution < 1.29 is 29.0 Å². The lowest BCUT2D eigenvalue weighted by Gasteiger charge is -2.22. The van der Waals surface area contributed by atoms with E-state index in [2.05, 4.69) is 5.32 Å². The van der Waals surface area contributed by atoms with Crippen LogP contribution in [-0.4, -0.2) is 48.7 Å². The second-order valence-corrected chi connectivity index (χ2v) is 5.80. The average molecular weight is 334 g/mol. The fraction of sp³-hybridized carbons (Fsp3) is 0.438. The summed E-state index contributed by atoms with van der Waals surface area (Å²) >= 11 is 0.